The third-order valence-electron chi connectivity index (χ3n) is 5.31. The summed E-state index contributed by atoms with van der Waals surface area (Å²) < 4.78 is 11.1. The number of piperidine rings is 1. The molecule has 0 bridgehead atoms. The normalized spacial score (nSPS) is 22.2. The Morgan fingerprint density at radius 2 is 1.96 bits per heavy atom. The predicted molar refractivity (Wildman–Crippen MR) is 96.6 cm³/mol. The Morgan fingerprint density at radius 1 is 1.20 bits per heavy atom. The number of likely N-dealkylation sites (tertiary alicyclic amines) is 1. The lowest BCUT2D eigenvalue weighted by Gasteiger charge is -2.31. The van der Waals surface area contributed by atoms with Crippen LogP contribution < -0.4 is 10.6 Å². The van der Waals surface area contributed by atoms with Gasteiger partial charge in [-0.15, -0.1) is 0 Å². The molecule has 0 aromatic carbocycles. The number of carbonyl (C=O) groups excluding carboxylic acids is 1. The molecule has 140 valence electrons. The van der Waals surface area contributed by atoms with E-state index in [4.69, 9.17) is 9.15 Å². The quantitative estimate of drug-likeness (QED) is 0.828. The highest BCUT2D eigenvalue weighted by Gasteiger charge is 2.21. The molecule has 2 aliphatic rings. The van der Waals surface area contributed by atoms with Crippen LogP contribution >= 0.6 is 0 Å². The lowest BCUT2D eigenvalue weighted by Crippen LogP contribution is -2.43. The number of furan rings is 1. The molecule has 1 aromatic rings. The number of aryl methyl sites for hydroxylation is 2. The van der Waals surface area contributed by atoms with Crippen LogP contribution in [-0.2, 0) is 11.3 Å². The van der Waals surface area contributed by atoms with E-state index in [-0.39, 0.29) is 12.1 Å². The maximum Gasteiger partial charge on any atom is 0.314 e. The van der Waals surface area contributed by atoms with Crippen molar-refractivity contribution in [3.63, 3.8) is 0 Å². The molecule has 2 aliphatic heterocycles. The Bertz CT molecular complexity index is 558. The van der Waals surface area contributed by atoms with E-state index in [9.17, 15) is 4.79 Å². The molecule has 2 fully saturated rings. The zero-order chi connectivity index (χ0) is 17.6. The van der Waals surface area contributed by atoms with Crippen LogP contribution in [-0.4, -0.2) is 49.8 Å². The van der Waals surface area contributed by atoms with Crippen molar-refractivity contribution in [2.75, 3.05) is 32.8 Å². The monoisotopic (exact) mass is 349 g/mol. The fraction of sp³-hybridized carbons (Fsp3) is 0.737. The van der Waals surface area contributed by atoms with Gasteiger partial charge in [0.15, 0.2) is 0 Å². The third-order valence-corrected chi connectivity index (χ3v) is 5.31. The van der Waals surface area contributed by atoms with Crippen LogP contribution in [0, 0.1) is 19.8 Å². The summed E-state index contributed by atoms with van der Waals surface area (Å²) in [6, 6.07) is 2.07. The van der Waals surface area contributed by atoms with Crippen molar-refractivity contribution in [2.45, 2.75) is 52.2 Å². The van der Waals surface area contributed by atoms with Gasteiger partial charge in [-0.05, 0) is 64.6 Å². The van der Waals surface area contributed by atoms with E-state index in [0.29, 0.717) is 12.5 Å². The standard InChI is InChI=1S/C19H31N3O3/c1-14-10-17(15(2)25-14)13-22-7-5-16(6-8-22)11-20-19(23)21-12-18-4-3-9-24-18/h10,16,18H,3-9,11-13H2,1-2H3,(H2,20,21,23)/t18-/m1/s1. The molecule has 25 heavy (non-hydrogen) atoms. The van der Waals surface area contributed by atoms with Gasteiger partial charge in [0.1, 0.15) is 11.5 Å². The van der Waals surface area contributed by atoms with Gasteiger partial charge in [0.2, 0.25) is 0 Å². The van der Waals surface area contributed by atoms with Gasteiger partial charge in [0.25, 0.3) is 0 Å². The second-order valence-electron chi connectivity index (χ2n) is 7.38. The van der Waals surface area contributed by atoms with Crippen molar-refractivity contribution in [1.29, 1.82) is 0 Å². The van der Waals surface area contributed by atoms with Crippen LogP contribution in [0.5, 0.6) is 0 Å². The van der Waals surface area contributed by atoms with E-state index in [0.717, 1.165) is 70.0 Å². The molecule has 0 saturated carbocycles. The summed E-state index contributed by atoms with van der Waals surface area (Å²) >= 11 is 0. The van der Waals surface area contributed by atoms with E-state index < -0.39 is 0 Å². The zero-order valence-corrected chi connectivity index (χ0v) is 15.5. The molecule has 0 unspecified atom stereocenters. The lowest BCUT2D eigenvalue weighted by atomic mass is 9.96. The number of nitrogens with one attached hydrogen (secondary N) is 2. The van der Waals surface area contributed by atoms with Crippen LogP contribution in [0.25, 0.3) is 0 Å². The van der Waals surface area contributed by atoms with Crippen molar-refractivity contribution >= 4 is 6.03 Å². The molecule has 1 aromatic heterocycles. The van der Waals surface area contributed by atoms with Gasteiger partial charge in [-0.3, -0.25) is 4.90 Å². The largest absolute Gasteiger partial charge is 0.466 e. The molecule has 6 heteroatoms. The van der Waals surface area contributed by atoms with Crippen molar-refractivity contribution in [3.05, 3.63) is 23.2 Å². The van der Waals surface area contributed by atoms with E-state index in [1.54, 1.807) is 0 Å². The summed E-state index contributed by atoms with van der Waals surface area (Å²) in [6.45, 7) is 9.35. The van der Waals surface area contributed by atoms with E-state index in [1.165, 1.54) is 5.56 Å². The molecule has 1 atom stereocenters. The highest BCUT2D eigenvalue weighted by molar-refractivity contribution is 5.73. The summed E-state index contributed by atoms with van der Waals surface area (Å²) in [4.78, 5) is 14.4. The SMILES string of the molecule is Cc1cc(CN2CCC(CNC(=O)NC[C@H]3CCCO3)CC2)c(C)o1. The molecule has 2 N–H and O–H groups in total. The Kier molecular flexibility index (Phi) is 6.37. The first-order valence-electron chi connectivity index (χ1n) is 9.51. The molecule has 3 heterocycles. The highest BCUT2D eigenvalue weighted by atomic mass is 16.5. The maximum absolute atomic E-state index is 11.9. The van der Waals surface area contributed by atoms with Crippen LogP contribution in [0.15, 0.2) is 10.5 Å². The average Bonchev–Trinajstić information content (AvgIpc) is 3.22. The number of carbonyl (C=O) groups is 1. The van der Waals surface area contributed by atoms with E-state index in [2.05, 4.69) is 21.6 Å². The summed E-state index contributed by atoms with van der Waals surface area (Å²) in [7, 11) is 0. The zero-order valence-electron chi connectivity index (χ0n) is 15.5. The van der Waals surface area contributed by atoms with Crippen LogP contribution in [0.2, 0.25) is 0 Å². The minimum Gasteiger partial charge on any atom is -0.466 e. The fourth-order valence-corrected chi connectivity index (χ4v) is 3.74. The van der Waals surface area contributed by atoms with Gasteiger partial charge in [0, 0.05) is 31.8 Å². The minimum atomic E-state index is -0.0672. The Balaban J connectivity index is 1.31. The average molecular weight is 349 g/mol. The van der Waals surface area contributed by atoms with Crippen molar-refractivity contribution in [3.8, 4) is 0 Å². The first-order chi connectivity index (χ1) is 12.1. The van der Waals surface area contributed by atoms with Gasteiger partial charge >= 0.3 is 6.03 Å². The number of hydrogen-bond acceptors (Lipinski definition) is 4. The minimum absolute atomic E-state index is 0.0672. The molecule has 2 saturated heterocycles. The molecule has 0 aliphatic carbocycles. The Hall–Kier alpha value is -1.53. The predicted octanol–water partition coefficient (Wildman–Crippen LogP) is 2.59. The summed E-state index contributed by atoms with van der Waals surface area (Å²) in [6.07, 6.45) is 4.60. The van der Waals surface area contributed by atoms with Crippen molar-refractivity contribution in [1.82, 2.24) is 15.5 Å². The number of nitrogens with zero attached hydrogens (tertiary/aromatic N) is 1. The van der Waals surface area contributed by atoms with E-state index >= 15 is 0 Å². The topological polar surface area (TPSA) is 66.7 Å². The van der Waals surface area contributed by atoms with Gasteiger partial charge in [-0.2, -0.15) is 0 Å². The number of urea groups is 1. The van der Waals surface area contributed by atoms with Gasteiger partial charge in [-0.1, -0.05) is 0 Å². The molecule has 0 spiro atoms. The molecular formula is C19H31N3O3. The van der Waals surface area contributed by atoms with E-state index in [1.807, 2.05) is 13.8 Å². The first kappa shape index (κ1) is 18.3. The molecular weight excluding hydrogens is 318 g/mol. The third kappa shape index (κ3) is 5.47. The second kappa shape index (κ2) is 8.72. The van der Waals surface area contributed by atoms with Crippen molar-refractivity contribution in [2.24, 2.45) is 5.92 Å². The Labute approximate surface area is 150 Å². The van der Waals surface area contributed by atoms with Crippen LogP contribution in [0.4, 0.5) is 4.79 Å². The number of rotatable bonds is 6. The van der Waals surface area contributed by atoms with Crippen molar-refractivity contribution < 1.29 is 13.9 Å². The van der Waals surface area contributed by atoms with Gasteiger partial charge < -0.3 is 19.8 Å². The second-order valence-corrected chi connectivity index (χ2v) is 7.38. The number of amides is 2. The first-order valence-corrected chi connectivity index (χ1v) is 9.51. The lowest BCUT2D eigenvalue weighted by molar-refractivity contribution is 0.111. The molecule has 2 amide bonds. The van der Waals surface area contributed by atoms with Crippen LogP contribution in [0.3, 0.4) is 0 Å². The maximum atomic E-state index is 11.9. The van der Waals surface area contributed by atoms with Crippen LogP contribution in [0.1, 0.15) is 42.8 Å². The number of ether oxygens (including phenoxy) is 1. The van der Waals surface area contributed by atoms with Gasteiger partial charge in [0.05, 0.1) is 6.10 Å². The molecule has 6 nitrogen and oxygen atoms in total. The number of hydrogen-bond donors (Lipinski definition) is 2. The highest BCUT2D eigenvalue weighted by Crippen LogP contribution is 2.21. The summed E-state index contributed by atoms with van der Waals surface area (Å²) in [5.41, 5.74) is 1.29. The molecule has 0 radical (unpaired) electrons. The fourth-order valence-electron chi connectivity index (χ4n) is 3.74. The smallest absolute Gasteiger partial charge is 0.314 e. The Morgan fingerprint density at radius 3 is 2.60 bits per heavy atom. The summed E-state index contributed by atoms with van der Waals surface area (Å²) in [5.74, 6) is 2.58. The summed E-state index contributed by atoms with van der Waals surface area (Å²) in [5, 5.41) is 5.93. The molecule has 3 rings (SSSR count). The van der Waals surface area contributed by atoms with Gasteiger partial charge in [-0.25, -0.2) is 4.79 Å².